The van der Waals surface area contributed by atoms with Gasteiger partial charge in [0.15, 0.2) is 12.6 Å². The number of aldehydes is 2. The van der Waals surface area contributed by atoms with Crippen molar-refractivity contribution in [3.8, 4) is 59.9 Å². The smallest absolute Gasteiger partial charge is 0.160 e. The fourth-order valence-corrected chi connectivity index (χ4v) is 24.3. The van der Waals surface area contributed by atoms with Gasteiger partial charge in [-0.2, -0.15) is 0 Å². The molecular weight excluding hydrogens is 1300 g/mol. The zero-order valence-electron chi connectivity index (χ0n) is 59.0. The molecule has 0 spiro atoms. The highest BCUT2D eigenvalue weighted by Crippen LogP contribution is 2.57. The maximum absolute atomic E-state index is 12.6. The summed E-state index contributed by atoms with van der Waals surface area (Å²) in [6, 6.07) is 25.0. The number of carbonyl (C=O) groups excluding carboxylic acids is 2. The number of carbonyl (C=O) groups is 2. The van der Waals surface area contributed by atoms with Crippen molar-refractivity contribution in [1.82, 2.24) is 0 Å². The molecule has 9 aromatic rings. The van der Waals surface area contributed by atoms with E-state index in [-0.39, 0.29) is 0 Å². The molecule has 0 bridgehead atoms. The molecule has 9 rings (SSSR count). The molecule has 0 saturated carbocycles. The summed E-state index contributed by atoms with van der Waals surface area (Å²) >= 11 is 15.8. The van der Waals surface area contributed by atoms with Gasteiger partial charge >= 0.3 is 0 Å². The molecular formula is C84H114O2S8. The van der Waals surface area contributed by atoms with E-state index in [0.29, 0.717) is 0 Å². The Morgan fingerprint density at radius 3 is 0.947 bits per heavy atom. The Morgan fingerprint density at radius 2 is 0.606 bits per heavy atom. The molecule has 0 aliphatic rings. The van der Waals surface area contributed by atoms with Crippen molar-refractivity contribution in [2.24, 2.45) is 11.8 Å². The molecule has 0 aliphatic heterocycles. The van der Waals surface area contributed by atoms with Crippen molar-refractivity contribution in [3.05, 3.63) is 102 Å². The maximum atomic E-state index is 12.6. The van der Waals surface area contributed by atoms with Crippen LogP contribution in [0.5, 0.6) is 0 Å². The van der Waals surface area contributed by atoms with Crippen LogP contribution in [-0.4, -0.2) is 12.6 Å². The third kappa shape index (κ3) is 20.4. The second-order valence-electron chi connectivity index (χ2n) is 27.5. The van der Waals surface area contributed by atoms with E-state index in [1.807, 2.05) is 22.7 Å². The molecule has 0 aliphatic carbocycles. The minimum atomic E-state index is 0.718. The molecule has 2 nitrogen and oxygen atoms in total. The van der Waals surface area contributed by atoms with Gasteiger partial charge < -0.3 is 0 Å². The average molecular weight is 1410 g/mol. The molecule has 0 N–H and O–H groups in total. The Balaban J connectivity index is 1.29. The molecule has 1 aromatic carbocycles. The monoisotopic (exact) mass is 1410 g/mol. The van der Waals surface area contributed by atoms with Crippen LogP contribution in [0.25, 0.3) is 80.1 Å². The summed E-state index contributed by atoms with van der Waals surface area (Å²) in [5.74, 6) is 1.44. The number of fused-ring (bicyclic) bond motifs is 2. The van der Waals surface area contributed by atoms with Crippen LogP contribution in [-0.2, 0) is 38.5 Å². The Hall–Kier alpha value is -3.32. The van der Waals surface area contributed by atoms with Crippen LogP contribution in [0, 0.1) is 11.8 Å². The van der Waals surface area contributed by atoms with Gasteiger partial charge in [-0.05, 0) is 159 Å². The summed E-state index contributed by atoms with van der Waals surface area (Å²) in [5, 5.41) is 2.83. The van der Waals surface area contributed by atoms with Gasteiger partial charge in [0.1, 0.15) is 0 Å². The zero-order chi connectivity index (χ0) is 66.0. The van der Waals surface area contributed by atoms with Gasteiger partial charge in [-0.3, -0.25) is 9.59 Å². The van der Waals surface area contributed by atoms with E-state index in [9.17, 15) is 9.59 Å². The first kappa shape index (κ1) is 74.9. The number of benzene rings is 1. The van der Waals surface area contributed by atoms with Crippen LogP contribution in [0.3, 0.4) is 0 Å². The predicted molar refractivity (Wildman–Crippen MR) is 430 cm³/mol. The lowest BCUT2D eigenvalue weighted by atomic mass is 9.92. The second-order valence-corrected chi connectivity index (χ2v) is 36.2. The number of hydrogen-bond acceptors (Lipinski definition) is 10. The van der Waals surface area contributed by atoms with Crippen LogP contribution >= 0.6 is 90.7 Å². The lowest BCUT2D eigenvalue weighted by Gasteiger charge is -2.16. The lowest BCUT2D eigenvalue weighted by molar-refractivity contribution is 0.111. The molecule has 8 heterocycles. The maximum Gasteiger partial charge on any atom is 0.160 e. The number of thiophene rings is 8. The number of hydrogen-bond donors (Lipinski definition) is 0. The fraction of sp³-hybridized carbons (Fsp3) is 0.571. The highest BCUT2D eigenvalue weighted by atomic mass is 32.1. The predicted octanol–water partition coefficient (Wildman–Crippen LogP) is 31.2. The first-order chi connectivity index (χ1) is 46.2. The summed E-state index contributed by atoms with van der Waals surface area (Å²) in [4.78, 5) is 43.8. The molecule has 0 saturated heterocycles. The molecule has 10 heteroatoms. The second kappa shape index (κ2) is 40.1. The van der Waals surface area contributed by atoms with Crippen molar-refractivity contribution in [3.63, 3.8) is 0 Å². The van der Waals surface area contributed by atoms with Crippen LogP contribution in [0.15, 0.2) is 60.7 Å². The van der Waals surface area contributed by atoms with E-state index in [2.05, 4.69) is 161 Å². The molecule has 0 radical (unpaired) electrons. The largest absolute Gasteiger partial charge is 0.297 e. The highest BCUT2D eigenvalue weighted by Gasteiger charge is 2.29. The standard InChI is InChI=1S/C84H114O2S8/c1-9-17-25-31-39-59(37-23-15-7)49-65-45-47-71(87-65)77-69-55-75(81-63(43-35-29-21-13-5)53-73(91-81)79-61(41-33-27-19-11-3)51-67(57-85)89-79)94-84(69)78(72-48-46-66(88-72)50-60(38-24-16-8)40-32-26-18-10-2)70-56-76(93-83(70)77)82-64(44-36-30-22-14-6)54-74(92-82)80-62(42-34-28-20-12-4)52-68(58-86)90-80/h45-48,51-60H,9-44,49-50H2,1-8H3. The Kier molecular flexibility index (Phi) is 31.9. The summed E-state index contributed by atoms with van der Waals surface area (Å²) in [7, 11) is 0. The topological polar surface area (TPSA) is 34.1 Å². The highest BCUT2D eigenvalue weighted by molar-refractivity contribution is 7.31. The fourth-order valence-electron chi connectivity index (χ4n) is 14.3. The van der Waals surface area contributed by atoms with E-state index in [1.165, 1.54) is 308 Å². The van der Waals surface area contributed by atoms with E-state index in [1.54, 1.807) is 32.4 Å². The third-order valence-electron chi connectivity index (χ3n) is 19.7. The van der Waals surface area contributed by atoms with E-state index >= 15 is 0 Å². The first-order valence-electron chi connectivity index (χ1n) is 37.8. The van der Waals surface area contributed by atoms with E-state index < -0.39 is 0 Å². The van der Waals surface area contributed by atoms with Crippen LogP contribution < -0.4 is 0 Å². The lowest BCUT2D eigenvalue weighted by Crippen LogP contribution is -2.04. The molecule has 2 atom stereocenters. The minimum absolute atomic E-state index is 0.718. The average Bonchev–Trinajstić information content (AvgIpc) is 1.53. The third-order valence-corrected chi connectivity index (χ3v) is 29.6. The van der Waals surface area contributed by atoms with Gasteiger partial charge in [-0.1, -0.05) is 235 Å². The van der Waals surface area contributed by atoms with Gasteiger partial charge in [0.05, 0.1) is 9.75 Å². The van der Waals surface area contributed by atoms with Crippen molar-refractivity contribution >= 4 is 123 Å². The van der Waals surface area contributed by atoms with Crippen molar-refractivity contribution < 1.29 is 9.59 Å². The van der Waals surface area contributed by atoms with Gasteiger partial charge in [0.25, 0.3) is 0 Å². The Labute approximate surface area is 601 Å². The molecule has 0 amide bonds. The molecule has 94 heavy (non-hydrogen) atoms. The molecule has 2 unspecified atom stereocenters. The van der Waals surface area contributed by atoms with Crippen LogP contribution in [0.4, 0.5) is 0 Å². The normalized spacial score (nSPS) is 12.6. The van der Waals surface area contributed by atoms with E-state index in [0.717, 1.165) is 72.7 Å². The summed E-state index contributed by atoms with van der Waals surface area (Å²) in [6.45, 7) is 18.7. The molecule has 510 valence electrons. The van der Waals surface area contributed by atoms with Gasteiger partial charge in [0.2, 0.25) is 0 Å². The SMILES string of the molecule is CCCCCCc1cc(C=O)sc1-c1cc(CCCCCC)c(-c2cc3c(-c4ccc(CC(CCCC)CCCCCC)s4)c4sc(-c5sc(-c6sc(C=O)cc6CCCCCC)cc5CCCCCC)cc4c(-c4ccc(CC(CCCC)CCCCCC)s4)c3s2)s1. The van der Waals surface area contributed by atoms with E-state index in [4.69, 9.17) is 0 Å². The van der Waals surface area contributed by atoms with Gasteiger partial charge in [-0.25, -0.2) is 0 Å². The number of unbranched alkanes of at least 4 members (excludes halogenated alkanes) is 20. The summed E-state index contributed by atoms with van der Waals surface area (Å²) in [6.07, 6.45) is 49.4. The van der Waals surface area contributed by atoms with Crippen LogP contribution in [0.2, 0.25) is 0 Å². The molecule has 0 fully saturated rings. The van der Waals surface area contributed by atoms with Crippen molar-refractivity contribution in [1.29, 1.82) is 0 Å². The molecule has 8 aromatic heterocycles. The van der Waals surface area contributed by atoms with Crippen molar-refractivity contribution in [2.45, 2.75) is 299 Å². The number of rotatable bonds is 48. The summed E-state index contributed by atoms with van der Waals surface area (Å²) in [5.41, 5.74) is 8.55. The van der Waals surface area contributed by atoms with Gasteiger partial charge in [0, 0.05) is 89.8 Å². The first-order valence-corrected chi connectivity index (χ1v) is 44.4. The Bertz CT molecular complexity index is 3390. The van der Waals surface area contributed by atoms with Gasteiger partial charge in [-0.15, -0.1) is 90.7 Å². The van der Waals surface area contributed by atoms with Crippen molar-refractivity contribution in [2.75, 3.05) is 0 Å². The quantitative estimate of drug-likeness (QED) is 0.0281. The number of aryl methyl sites for hydroxylation is 4. The minimum Gasteiger partial charge on any atom is -0.297 e. The summed E-state index contributed by atoms with van der Waals surface area (Å²) < 4.78 is 2.87. The van der Waals surface area contributed by atoms with Crippen LogP contribution in [0.1, 0.15) is 312 Å². The Morgan fingerprint density at radius 1 is 0.298 bits per heavy atom. The zero-order valence-corrected chi connectivity index (χ0v) is 65.6.